The molecule has 0 atom stereocenters. The second kappa shape index (κ2) is 10.0. The van der Waals surface area contributed by atoms with Crippen molar-refractivity contribution >= 4 is 0 Å². The topological polar surface area (TPSA) is 18.5 Å². The minimum atomic E-state index is 0. The molecule has 2 nitrogen and oxygen atoms in total. The van der Waals surface area contributed by atoms with E-state index in [1.165, 1.54) is 0 Å². The van der Waals surface area contributed by atoms with Crippen molar-refractivity contribution in [3.8, 4) is 0 Å². The molecule has 0 aliphatic heterocycles. The van der Waals surface area contributed by atoms with Gasteiger partial charge in [0.05, 0.1) is 13.2 Å². The Morgan fingerprint density at radius 3 is 2.25 bits per heavy atom. The van der Waals surface area contributed by atoms with Crippen LogP contribution < -0.4 is 0 Å². The first-order valence-electron chi connectivity index (χ1n) is 2.48. The summed E-state index contributed by atoms with van der Waals surface area (Å²) < 4.78 is 9.67. The smallest absolute Gasteiger partial charge is 0.0700 e. The quantitative estimate of drug-likeness (QED) is 0.521. The van der Waals surface area contributed by atoms with Crippen molar-refractivity contribution in [2.75, 3.05) is 26.9 Å². The average Bonchev–Trinajstić information content (AvgIpc) is 1.69. The van der Waals surface area contributed by atoms with Crippen LogP contribution in [0.5, 0.6) is 0 Å². The highest BCUT2D eigenvalue weighted by molar-refractivity contribution is 4.21. The molecule has 0 unspecified atom stereocenters. The molecule has 0 amide bonds. The molecule has 0 N–H and O–H groups in total. The number of ether oxygens (including phenoxy) is 2. The Morgan fingerprint density at radius 1 is 1.25 bits per heavy atom. The summed E-state index contributed by atoms with van der Waals surface area (Å²) >= 11 is 0. The van der Waals surface area contributed by atoms with E-state index in [1.807, 2.05) is 6.92 Å². The van der Waals surface area contributed by atoms with Gasteiger partial charge in [-0.05, 0) is 6.92 Å². The summed E-state index contributed by atoms with van der Waals surface area (Å²) in [7, 11) is 1.67. The summed E-state index contributed by atoms with van der Waals surface area (Å²) in [5, 5.41) is 0. The molecule has 0 bridgehead atoms. The van der Waals surface area contributed by atoms with Crippen LogP contribution in [0.3, 0.4) is 0 Å². The lowest BCUT2D eigenvalue weighted by Crippen LogP contribution is -2.00. The predicted octanol–water partition coefficient (Wildman–Crippen LogP) is 1.31. The molecule has 0 fully saturated rings. The van der Waals surface area contributed by atoms with Gasteiger partial charge < -0.3 is 9.47 Å². The van der Waals surface area contributed by atoms with Crippen molar-refractivity contribution in [3.05, 3.63) is 0 Å². The van der Waals surface area contributed by atoms with Crippen LogP contribution >= 0.6 is 0 Å². The SMILES string of the molecule is C.CCOCCOC. The van der Waals surface area contributed by atoms with Crippen LogP contribution in [0.4, 0.5) is 0 Å². The van der Waals surface area contributed by atoms with Crippen LogP contribution in [0.15, 0.2) is 0 Å². The van der Waals surface area contributed by atoms with Gasteiger partial charge in [0.1, 0.15) is 0 Å². The van der Waals surface area contributed by atoms with E-state index >= 15 is 0 Å². The number of hydrogen-bond acceptors (Lipinski definition) is 2. The van der Waals surface area contributed by atoms with Gasteiger partial charge in [-0.15, -0.1) is 0 Å². The Balaban J connectivity index is 0. The van der Waals surface area contributed by atoms with E-state index in [9.17, 15) is 0 Å². The maximum absolute atomic E-state index is 4.95. The Morgan fingerprint density at radius 2 is 1.88 bits per heavy atom. The van der Waals surface area contributed by atoms with E-state index in [2.05, 4.69) is 0 Å². The molecule has 0 spiro atoms. The van der Waals surface area contributed by atoms with Gasteiger partial charge in [0, 0.05) is 13.7 Å². The molecule has 0 heterocycles. The molecule has 0 aromatic carbocycles. The molecule has 0 aromatic heterocycles. The van der Waals surface area contributed by atoms with Gasteiger partial charge in [0.15, 0.2) is 0 Å². The van der Waals surface area contributed by atoms with Gasteiger partial charge in [-0.2, -0.15) is 0 Å². The van der Waals surface area contributed by atoms with E-state index in [1.54, 1.807) is 7.11 Å². The molecule has 0 saturated carbocycles. The third-order valence-electron chi connectivity index (χ3n) is 0.636. The Kier molecular flexibility index (Phi) is 13.6. The van der Waals surface area contributed by atoms with Crippen LogP contribution in [0.2, 0.25) is 0 Å². The standard InChI is InChI=1S/C5H12O2.CH4/c1-3-7-5-4-6-2;/h3-5H2,1-2H3;1H4. The van der Waals surface area contributed by atoms with Crippen LogP contribution in [0.1, 0.15) is 14.4 Å². The molecular weight excluding hydrogens is 104 g/mol. The molecule has 0 saturated heterocycles. The molecule has 0 aliphatic carbocycles. The summed E-state index contributed by atoms with van der Waals surface area (Å²) in [6.07, 6.45) is 0. The first-order chi connectivity index (χ1) is 3.41. The molecule has 0 aromatic rings. The summed E-state index contributed by atoms with van der Waals surface area (Å²) in [6.45, 7) is 4.17. The summed E-state index contributed by atoms with van der Waals surface area (Å²) in [4.78, 5) is 0. The maximum atomic E-state index is 4.95. The normalized spacial score (nSPS) is 8.25. The van der Waals surface area contributed by atoms with Crippen molar-refractivity contribution in [1.82, 2.24) is 0 Å². The molecule has 8 heavy (non-hydrogen) atoms. The van der Waals surface area contributed by atoms with Crippen molar-refractivity contribution in [1.29, 1.82) is 0 Å². The van der Waals surface area contributed by atoms with Crippen LogP contribution in [0.25, 0.3) is 0 Å². The largest absolute Gasteiger partial charge is 0.382 e. The highest BCUT2D eigenvalue weighted by Gasteiger charge is 1.78. The predicted molar refractivity (Wildman–Crippen MR) is 35.1 cm³/mol. The second-order valence-corrected chi connectivity index (χ2v) is 1.19. The van der Waals surface area contributed by atoms with Gasteiger partial charge in [-0.25, -0.2) is 0 Å². The van der Waals surface area contributed by atoms with Crippen molar-refractivity contribution in [3.63, 3.8) is 0 Å². The molecule has 2 heteroatoms. The summed E-state index contributed by atoms with van der Waals surface area (Å²) in [5.41, 5.74) is 0. The van der Waals surface area contributed by atoms with Crippen molar-refractivity contribution in [2.24, 2.45) is 0 Å². The first kappa shape index (κ1) is 10.8. The number of rotatable bonds is 4. The molecule has 0 rings (SSSR count). The van der Waals surface area contributed by atoms with Gasteiger partial charge >= 0.3 is 0 Å². The zero-order chi connectivity index (χ0) is 5.54. The van der Waals surface area contributed by atoms with E-state index < -0.39 is 0 Å². The molecule has 0 radical (unpaired) electrons. The fraction of sp³-hybridized carbons (Fsp3) is 1.00. The Hall–Kier alpha value is -0.0800. The number of methoxy groups -OCH3 is 1. The second-order valence-electron chi connectivity index (χ2n) is 1.19. The lowest BCUT2D eigenvalue weighted by atomic mass is 10.7. The highest BCUT2D eigenvalue weighted by Crippen LogP contribution is 1.71. The van der Waals surface area contributed by atoms with Gasteiger partial charge in [0.25, 0.3) is 0 Å². The van der Waals surface area contributed by atoms with Gasteiger partial charge in [-0.3, -0.25) is 0 Å². The minimum absolute atomic E-state index is 0. The Bertz CT molecular complexity index is 25.7. The van der Waals surface area contributed by atoms with Crippen molar-refractivity contribution < 1.29 is 9.47 Å². The number of hydrogen-bond donors (Lipinski definition) is 0. The zero-order valence-corrected chi connectivity index (χ0v) is 4.94. The van der Waals surface area contributed by atoms with E-state index in [4.69, 9.17) is 9.47 Å². The average molecular weight is 120 g/mol. The minimum Gasteiger partial charge on any atom is -0.382 e. The monoisotopic (exact) mass is 120 g/mol. The molecule has 0 aliphatic rings. The fourth-order valence-electron chi connectivity index (χ4n) is 0.287. The summed E-state index contributed by atoms with van der Waals surface area (Å²) in [6, 6.07) is 0. The highest BCUT2D eigenvalue weighted by atomic mass is 16.5. The third kappa shape index (κ3) is 9.33. The van der Waals surface area contributed by atoms with Gasteiger partial charge in [-0.1, -0.05) is 7.43 Å². The van der Waals surface area contributed by atoms with E-state index in [-0.39, 0.29) is 7.43 Å². The van der Waals surface area contributed by atoms with Crippen LogP contribution in [-0.2, 0) is 9.47 Å². The fourth-order valence-corrected chi connectivity index (χ4v) is 0.287. The summed E-state index contributed by atoms with van der Waals surface area (Å²) in [5.74, 6) is 0. The van der Waals surface area contributed by atoms with Crippen LogP contribution in [0, 0.1) is 0 Å². The zero-order valence-electron chi connectivity index (χ0n) is 4.94. The molecular formula is C6H16O2. The molecule has 52 valence electrons. The lowest BCUT2D eigenvalue weighted by Gasteiger charge is -1.96. The third-order valence-corrected chi connectivity index (χ3v) is 0.636. The van der Waals surface area contributed by atoms with E-state index in [0.29, 0.717) is 13.2 Å². The van der Waals surface area contributed by atoms with Crippen molar-refractivity contribution in [2.45, 2.75) is 14.4 Å². The van der Waals surface area contributed by atoms with Crippen LogP contribution in [-0.4, -0.2) is 26.9 Å². The maximum Gasteiger partial charge on any atom is 0.0700 e. The Labute approximate surface area is 51.8 Å². The van der Waals surface area contributed by atoms with Gasteiger partial charge in [0.2, 0.25) is 0 Å². The van der Waals surface area contributed by atoms with E-state index in [0.717, 1.165) is 6.61 Å². The lowest BCUT2D eigenvalue weighted by molar-refractivity contribution is 0.0777. The first-order valence-corrected chi connectivity index (χ1v) is 2.48.